The molecule has 0 amide bonds. The lowest BCUT2D eigenvalue weighted by atomic mass is 10.1. The van der Waals surface area contributed by atoms with E-state index in [0.717, 1.165) is 0 Å². The van der Waals surface area contributed by atoms with Crippen molar-refractivity contribution in [3.05, 3.63) is 0 Å². The SMILES string of the molecule is CC1OC(C(O)CO)C(O)C1O. The monoisotopic (exact) mass is 178 g/mol. The molecule has 5 nitrogen and oxygen atoms in total. The second-order valence-electron chi connectivity index (χ2n) is 3.04. The molecular formula is C7H14O5. The highest BCUT2D eigenvalue weighted by Gasteiger charge is 2.43. The Labute approximate surface area is 70.2 Å². The largest absolute Gasteiger partial charge is 0.394 e. The molecule has 0 aliphatic carbocycles. The van der Waals surface area contributed by atoms with E-state index in [1.807, 2.05) is 0 Å². The third kappa shape index (κ3) is 1.60. The second kappa shape index (κ2) is 3.68. The maximum Gasteiger partial charge on any atom is 0.115 e. The lowest BCUT2D eigenvalue weighted by Gasteiger charge is -2.18. The van der Waals surface area contributed by atoms with Crippen molar-refractivity contribution in [2.24, 2.45) is 0 Å². The normalized spacial score (nSPS) is 44.8. The van der Waals surface area contributed by atoms with Gasteiger partial charge in [0, 0.05) is 0 Å². The van der Waals surface area contributed by atoms with Gasteiger partial charge in [0.15, 0.2) is 0 Å². The standard InChI is InChI=1S/C7H14O5/c1-3-5(10)6(11)7(12-3)4(9)2-8/h3-11H,2H2,1H3. The van der Waals surface area contributed by atoms with Crippen LogP contribution in [0, 0.1) is 0 Å². The molecular weight excluding hydrogens is 164 g/mol. The molecule has 0 bridgehead atoms. The molecule has 1 saturated heterocycles. The Morgan fingerprint density at radius 3 is 2.25 bits per heavy atom. The predicted octanol–water partition coefficient (Wildman–Crippen LogP) is -2.15. The molecule has 1 heterocycles. The summed E-state index contributed by atoms with van der Waals surface area (Å²) in [6.07, 6.45) is -4.65. The molecule has 1 rings (SSSR count). The number of aliphatic hydroxyl groups is 4. The topological polar surface area (TPSA) is 90.2 Å². The average Bonchev–Trinajstić information content (AvgIpc) is 2.32. The van der Waals surface area contributed by atoms with Crippen molar-refractivity contribution >= 4 is 0 Å². The zero-order chi connectivity index (χ0) is 9.30. The summed E-state index contributed by atoms with van der Waals surface area (Å²) in [5, 5.41) is 36.2. The van der Waals surface area contributed by atoms with Crippen molar-refractivity contribution in [1.29, 1.82) is 0 Å². The molecule has 12 heavy (non-hydrogen) atoms. The lowest BCUT2D eigenvalue weighted by molar-refractivity contribution is -0.0786. The van der Waals surface area contributed by atoms with E-state index in [9.17, 15) is 10.2 Å². The van der Waals surface area contributed by atoms with Crippen molar-refractivity contribution in [3.63, 3.8) is 0 Å². The van der Waals surface area contributed by atoms with E-state index >= 15 is 0 Å². The zero-order valence-corrected chi connectivity index (χ0v) is 6.79. The van der Waals surface area contributed by atoms with Crippen molar-refractivity contribution in [3.8, 4) is 0 Å². The first-order chi connectivity index (χ1) is 5.57. The second-order valence-corrected chi connectivity index (χ2v) is 3.04. The number of hydrogen-bond acceptors (Lipinski definition) is 5. The van der Waals surface area contributed by atoms with E-state index in [1.54, 1.807) is 6.92 Å². The van der Waals surface area contributed by atoms with Gasteiger partial charge in [-0.25, -0.2) is 0 Å². The van der Waals surface area contributed by atoms with Crippen molar-refractivity contribution < 1.29 is 25.2 Å². The van der Waals surface area contributed by atoms with Gasteiger partial charge in [-0.2, -0.15) is 0 Å². The van der Waals surface area contributed by atoms with Gasteiger partial charge in [0.2, 0.25) is 0 Å². The Kier molecular flexibility index (Phi) is 3.03. The van der Waals surface area contributed by atoms with E-state index in [0.29, 0.717) is 0 Å². The molecule has 72 valence electrons. The smallest absolute Gasteiger partial charge is 0.115 e. The van der Waals surface area contributed by atoms with Crippen molar-refractivity contribution in [2.75, 3.05) is 6.61 Å². The minimum atomic E-state index is -1.14. The van der Waals surface area contributed by atoms with E-state index < -0.39 is 37.1 Å². The van der Waals surface area contributed by atoms with Gasteiger partial charge in [0.05, 0.1) is 12.7 Å². The van der Waals surface area contributed by atoms with Crippen molar-refractivity contribution in [2.45, 2.75) is 37.4 Å². The molecule has 4 N–H and O–H groups in total. The fraction of sp³-hybridized carbons (Fsp3) is 1.00. The maximum atomic E-state index is 9.28. The first-order valence-corrected chi connectivity index (χ1v) is 3.88. The summed E-state index contributed by atoms with van der Waals surface area (Å²) < 4.78 is 5.03. The summed E-state index contributed by atoms with van der Waals surface area (Å²) in [6, 6.07) is 0. The third-order valence-electron chi connectivity index (χ3n) is 2.11. The Bertz CT molecular complexity index is 151. The van der Waals surface area contributed by atoms with Crippen LogP contribution >= 0.6 is 0 Å². The lowest BCUT2D eigenvalue weighted by Crippen LogP contribution is -2.40. The quantitative estimate of drug-likeness (QED) is 0.387. The summed E-state index contributed by atoms with van der Waals surface area (Å²) in [7, 11) is 0. The van der Waals surface area contributed by atoms with Crippen LogP contribution in [0.1, 0.15) is 6.92 Å². The van der Waals surface area contributed by atoms with Gasteiger partial charge in [-0.3, -0.25) is 0 Å². The Morgan fingerprint density at radius 2 is 1.92 bits per heavy atom. The molecule has 1 aliphatic rings. The zero-order valence-electron chi connectivity index (χ0n) is 6.79. The van der Waals surface area contributed by atoms with Gasteiger partial charge in [0.25, 0.3) is 0 Å². The molecule has 0 aromatic heterocycles. The fourth-order valence-corrected chi connectivity index (χ4v) is 1.30. The summed E-state index contributed by atoms with van der Waals surface area (Å²) in [5.41, 5.74) is 0. The highest BCUT2D eigenvalue weighted by atomic mass is 16.6. The Morgan fingerprint density at radius 1 is 1.33 bits per heavy atom. The van der Waals surface area contributed by atoms with E-state index in [2.05, 4.69) is 0 Å². The number of aliphatic hydroxyl groups excluding tert-OH is 4. The summed E-state index contributed by atoms with van der Waals surface area (Å²) in [5.74, 6) is 0. The average molecular weight is 178 g/mol. The van der Waals surface area contributed by atoms with Gasteiger partial charge in [-0.05, 0) is 6.92 Å². The van der Waals surface area contributed by atoms with Gasteiger partial charge >= 0.3 is 0 Å². The summed E-state index contributed by atoms with van der Waals surface area (Å²) >= 11 is 0. The van der Waals surface area contributed by atoms with E-state index in [1.165, 1.54) is 0 Å². The number of ether oxygens (including phenoxy) is 1. The molecule has 0 aromatic carbocycles. The first-order valence-electron chi connectivity index (χ1n) is 3.88. The van der Waals surface area contributed by atoms with Crippen LogP contribution in [0.4, 0.5) is 0 Å². The number of hydrogen-bond donors (Lipinski definition) is 4. The molecule has 5 heteroatoms. The number of rotatable bonds is 2. The van der Waals surface area contributed by atoms with E-state index in [-0.39, 0.29) is 0 Å². The van der Waals surface area contributed by atoms with E-state index in [4.69, 9.17) is 14.9 Å². The minimum Gasteiger partial charge on any atom is -0.394 e. The fourth-order valence-electron chi connectivity index (χ4n) is 1.30. The van der Waals surface area contributed by atoms with Crippen LogP contribution in [-0.4, -0.2) is 57.6 Å². The first kappa shape index (κ1) is 9.88. The van der Waals surface area contributed by atoms with Crippen LogP contribution in [0.2, 0.25) is 0 Å². The molecule has 0 spiro atoms. The molecule has 5 atom stereocenters. The van der Waals surface area contributed by atoms with Gasteiger partial charge in [-0.15, -0.1) is 0 Å². The summed E-state index contributed by atoms with van der Waals surface area (Å²) in [6.45, 7) is 1.11. The van der Waals surface area contributed by atoms with Crippen LogP contribution in [0.5, 0.6) is 0 Å². The molecule has 0 radical (unpaired) electrons. The Hall–Kier alpha value is -0.200. The van der Waals surface area contributed by atoms with Gasteiger partial charge in [0.1, 0.15) is 24.4 Å². The van der Waals surface area contributed by atoms with Gasteiger partial charge < -0.3 is 25.2 Å². The molecule has 1 fully saturated rings. The molecule has 1 aliphatic heterocycles. The molecule has 0 saturated carbocycles. The minimum absolute atomic E-state index is 0.485. The highest BCUT2D eigenvalue weighted by molar-refractivity contribution is 4.91. The molecule has 5 unspecified atom stereocenters. The van der Waals surface area contributed by atoms with Crippen LogP contribution in [0.25, 0.3) is 0 Å². The van der Waals surface area contributed by atoms with Gasteiger partial charge in [-0.1, -0.05) is 0 Å². The summed E-state index contributed by atoms with van der Waals surface area (Å²) in [4.78, 5) is 0. The highest BCUT2D eigenvalue weighted by Crippen LogP contribution is 2.22. The van der Waals surface area contributed by atoms with Crippen LogP contribution < -0.4 is 0 Å². The predicted molar refractivity (Wildman–Crippen MR) is 39.4 cm³/mol. The van der Waals surface area contributed by atoms with Crippen LogP contribution in [-0.2, 0) is 4.74 Å². The maximum absolute atomic E-state index is 9.28. The Balaban J connectivity index is 2.58. The third-order valence-corrected chi connectivity index (χ3v) is 2.11. The van der Waals surface area contributed by atoms with Crippen LogP contribution in [0.3, 0.4) is 0 Å². The molecule has 0 aromatic rings. The van der Waals surface area contributed by atoms with Crippen LogP contribution in [0.15, 0.2) is 0 Å². The van der Waals surface area contributed by atoms with Crippen molar-refractivity contribution in [1.82, 2.24) is 0 Å².